The molecule has 6 nitrogen and oxygen atoms in total. The number of fused-ring (bicyclic) bond motifs is 1. The summed E-state index contributed by atoms with van der Waals surface area (Å²) in [5, 5.41) is 0. The van der Waals surface area contributed by atoms with Crippen molar-refractivity contribution in [2.75, 3.05) is 40.4 Å². The lowest BCUT2D eigenvalue weighted by molar-refractivity contribution is 0.324. The molecule has 3 rings (SSSR count). The minimum absolute atomic E-state index is 0.369. The van der Waals surface area contributed by atoms with Crippen LogP contribution in [0.5, 0.6) is 28.7 Å². The third kappa shape index (κ3) is 3.88. The smallest absolute Gasteiger partial charge is 0.203 e. The summed E-state index contributed by atoms with van der Waals surface area (Å²) in [5.41, 5.74) is 3.37. The van der Waals surface area contributed by atoms with Crippen LogP contribution in [-0.2, 0) is 6.42 Å². The summed E-state index contributed by atoms with van der Waals surface area (Å²) in [7, 11) is 8.24. The number of benzene rings is 2. The molecule has 2 aromatic rings. The maximum Gasteiger partial charge on any atom is 0.203 e. The van der Waals surface area contributed by atoms with Crippen LogP contribution in [0.15, 0.2) is 24.3 Å². The molecule has 158 valence electrons. The normalized spacial score (nSPS) is 15.5. The maximum atomic E-state index is 5.60. The highest BCUT2D eigenvalue weighted by atomic mass is 16.5. The Morgan fingerprint density at radius 3 is 1.90 bits per heavy atom. The quantitative estimate of drug-likeness (QED) is 0.622. The van der Waals surface area contributed by atoms with Crippen LogP contribution in [-0.4, -0.2) is 41.6 Å². The Bertz CT molecular complexity index is 826. The van der Waals surface area contributed by atoms with E-state index in [9.17, 15) is 0 Å². The van der Waals surface area contributed by atoms with Crippen molar-refractivity contribution in [3.8, 4) is 28.7 Å². The molecule has 1 aliphatic heterocycles. The largest absolute Gasteiger partial charge is 0.493 e. The van der Waals surface area contributed by atoms with Gasteiger partial charge in [-0.1, -0.05) is 13.3 Å². The van der Waals surface area contributed by atoms with E-state index < -0.39 is 0 Å². The Morgan fingerprint density at radius 2 is 1.38 bits per heavy atom. The first-order valence-electron chi connectivity index (χ1n) is 9.95. The van der Waals surface area contributed by atoms with E-state index in [2.05, 4.69) is 24.0 Å². The number of rotatable bonds is 8. The van der Waals surface area contributed by atoms with Crippen molar-refractivity contribution in [3.05, 3.63) is 29.8 Å². The Kier molecular flexibility index (Phi) is 6.62. The molecule has 0 aliphatic carbocycles. The molecule has 0 saturated heterocycles. The molecule has 29 heavy (non-hydrogen) atoms. The molecule has 1 aliphatic rings. The van der Waals surface area contributed by atoms with Gasteiger partial charge in [0.15, 0.2) is 23.0 Å². The van der Waals surface area contributed by atoms with Gasteiger partial charge in [0.25, 0.3) is 0 Å². The van der Waals surface area contributed by atoms with Gasteiger partial charge in [0.1, 0.15) is 0 Å². The average molecular weight is 402 g/mol. The Morgan fingerprint density at radius 1 is 0.793 bits per heavy atom. The van der Waals surface area contributed by atoms with Crippen molar-refractivity contribution < 1.29 is 23.7 Å². The second kappa shape index (κ2) is 9.16. The van der Waals surface area contributed by atoms with E-state index >= 15 is 0 Å². The van der Waals surface area contributed by atoms with Gasteiger partial charge in [-0.3, -0.25) is 0 Å². The van der Waals surface area contributed by atoms with E-state index in [1.807, 2.05) is 12.1 Å². The average Bonchev–Trinajstić information content (AvgIpc) is 2.76. The first-order valence-corrected chi connectivity index (χ1v) is 9.95. The van der Waals surface area contributed by atoms with Crippen LogP contribution in [0.4, 0.5) is 11.4 Å². The van der Waals surface area contributed by atoms with E-state index in [4.69, 9.17) is 23.7 Å². The lowest BCUT2D eigenvalue weighted by Gasteiger charge is -2.39. The molecule has 0 saturated carbocycles. The third-order valence-corrected chi connectivity index (χ3v) is 5.51. The summed E-state index contributed by atoms with van der Waals surface area (Å²) < 4.78 is 27.8. The zero-order valence-electron chi connectivity index (χ0n) is 18.2. The number of anilines is 2. The number of ether oxygens (including phenoxy) is 5. The van der Waals surface area contributed by atoms with Gasteiger partial charge in [-0.05, 0) is 30.9 Å². The molecule has 0 spiro atoms. The third-order valence-electron chi connectivity index (χ3n) is 5.51. The number of hydrogen-bond acceptors (Lipinski definition) is 6. The maximum absolute atomic E-state index is 5.60. The van der Waals surface area contributed by atoms with Gasteiger partial charge >= 0.3 is 0 Å². The van der Waals surface area contributed by atoms with Crippen LogP contribution in [0.2, 0.25) is 0 Å². The van der Waals surface area contributed by atoms with Crippen LogP contribution in [0, 0.1) is 0 Å². The van der Waals surface area contributed by atoms with Crippen molar-refractivity contribution >= 4 is 11.4 Å². The molecule has 0 amide bonds. The van der Waals surface area contributed by atoms with E-state index in [0.717, 1.165) is 48.6 Å². The number of methoxy groups -OCH3 is 5. The van der Waals surface area contributed by atoms with Gasteiger partial charge in [0.05, 0.1) is 35.5 Å². The summed E-state index contributed by atoms with van der Waals surface area (Å²) in [4.78, 5) is 2.37. The van der Waals surface area contributed by atoms with Crippen LogP contribution in [0.3, 0.4) is 0 Å². The molecule has 6 heteroatoms. The van der Waals surface area contributed by atoms with Crippen molar-refractivity contribution in [2.45, 2.75) is 38.6 Å². The van der Waals surface area contributed by atoms with Crippen LogP contribution >= 0.6 is 0 Å². The summed E-state index contributed by atoms with van der Waals surface area (Å²) in [6.45, 7) is 2.22. The van der Waals surface area contributed by atoms with Crippen molar-refractivity contribution in [1.82, 2.24) is 0 Å². The summed E-state index contributed by atoms with van der Waals surface area (Å²) in [6.07, 6.45) is 4.26. The monoisotopic (exact) mass is 401 g/mol. The predicted octanol–water partition coefficient (Wildman–Crippen LogP) is 4.98. The topological polar surface area (TPSA) is 49.4 Å². The Balaban J connectivity index is 2.20. The van der Waals surface area contributed by atoms with E-state index in [0.29, 0.717) is 23.3 Å². The summed E-state index contributed by atoms with van der Waals surface area (Å²) >= 11 is 0. The zero-order valence-corrected chi connectivity index (χ0v) is 18.2. The second-order valence-corrected chi connectivity index (χ2v) is 7.07. The van der Waals surface area contributed by atoms with Crippen LogP contribution in [0.1, 0.15) is 31.7 Å². The lowest BCUT2D eigenvalue weighted by atomic mass is 9.92. The van der Waals surface area contributed by atoms with Crippen LogP contribution < -0.4 is 28.6 Å². The molecule has 1 heterocycles. The number of aryl methyl sites for hydroxylation is 1. The van der Waals surface area contributed by atoms with E-state index in [-0.39, 0.29) is 0 Å². The molecule has 1 atom stereocenters. The molecule has 0 fully saturated rings. The Labute approximate surface area is 173 Å². The summed E-state index contributed by atoms with van der Waals surface area (Å²) in [6, 6.07) is 8.54. The highest BCUT2D eigenvalue weighted by molar-refractivity contribution is 5.75. The van der Waals surface area contributed by atoms with E-state index in [1.54, 1.807) is 35.5 Å². The number of nitrogens with zero attached hydrogens (tertiary/aromatic N) is 1. The predicted molar refractivity (Wildman–Crippen MR) is 115 cm³/mol. The standard InChI is InChI=1S/C23H31NO5/c1-7-8-16-10-9-15-11-19(25-2)20(26-3)14-18(15)24(16)17-12-21(27-4)23(29-6)22(13-17)28-5/h11-14,16H,7-10H2,1-6H3. The molecule has 0 radical (unpaired) electrons. The molecule has 1 unspecified atom stereocenters. The van der Waals surface area contributed by atoms with E-state index in [1.165, 1.54) is 5.56 Å². The molecular weight excluding hydrogens is 370 g/mol. The Hall–Kier alpha value is -2.76. The molecule has 0 N–H and O–H groups in total. The fourth-order valence-electron chi connectivity index (χ4n) is 4.15. The first kappa shape index (κ1) is 21.0. The minimum atomic E-state index is 0.369. The molecule has 0 aromatic heterocycles. The fraction of sp³-hybridized carbons (Fsp3) is 0.478. The van der Waals surface area contributed by atoms with Crippen molar-refractivity contribution in [2.24, 2.45) is 0 Å². The van der Waals surface area contributed by atoms with Gasteiger partial charge < -0.3 is 28.6 Å². The fourth-order valence-corrected chi connectivity index (χ4v) is 4.15. The number of hydrogen-bond donors (Lipinski definition) is 0. The SMILES string of the molecule is CCCC1CCc2cc(OC)c(OC)cc2N1c1cc(OC)c(OC)c(OC)c1. The minimum Gasteiger partial charge on any atom is -0.493 e. The van der Waals surface area contributed by atoms with Crippen LogP contribution in [0.25, 0.3) is 0 Å². The molecular formula is C23H31NO5. The second-order valence-electron chi connectivity index (χ2n) is 7.07. The zero-order chi connectivity index (χ0) is 21.0. The highest BCUT2D eigenvalue weighted by Gasteiger charge is 2.30. The molecule has 0 bridgehead atoms. The van der Waals surface area contributed by atoms with Gasteiger partial charge in [0, 0.05) is 35.6 Å². The van der Waals surface area contributed by atoms with Crippen molar-refractivity contribution in [1.29, 1.82) is 0 Å². The van der Waals surface area contributed by atoms with Gasteiger partial charge in [0.2, 0.25) is 5.75 Å². The summed E-state index contributed by atoms with van der Waals surface area (Å²) in [5.74, 6) is 3.36. The van der Waals surface area contributed by atoms with Gasteiger partial charge in [-0.25, -0.2) is 0 Å². The van der Waals surface area contributed by atoms with Gasteiger partial charge in [-0.15, -0.1) is 0 Å². The van der Waals surface area contributed by atoms with Gasteiger partial charge in [-0.2, -0.15) is 0 Å². The lowest BCUT2D eigenvalue weighted by Crippen LogP contribution is -2.35. The van der Waals surface area contributed by atoms with Crippen molar-refractivity contribution in [3.63, 3.8) is 0 Å². The first-order chi connectivity index (χ1) is 14.1. The highest BCUT2D eigenvalue weighted by Crippen LogP contribution is 2.48. The molecule has 2 aromatic carbocycles.